The Kier molecular flexibility index (Phi) is 2.41. The average molecular weight is 191 g/mol. The molecular weight excluding hydrogens is 178 g/mol. The Hall–Kier alpha value is -0.580. The summed E-state index contributed by atoms with van der Waals surface area (Å²) < 4.78 is 22.1. The van der Waals surface area contributed by atoms with Gasteiger partial charge < -0.3 is 4.90 Å². The lowest BCUT2D eigenvalue weighted by Gasteiger charge is -2.12. The van der Waals surface area contributed by atoms with E-state index in [1.807, 2.05) is 0 Å². The molecule has 0 aromatic carbocycles. The number of nitrogens with zero attached hydrogens (tertiary/aromatic N) is 1. The molecule has 0 bridgehead atoms. The van der Waals surface area contributed by atoms with Crippen LogP contribution in [0.3, 0.4) is 0 Å². The Labute approximate surface area is 72.5 Å². The van der Waals surface area contributed by atoms with Crippen molar-refractivity contribution in [1.29, 1.82) is 0 Å². The lowest BCUT2D eigenvalue weighted by molar-refractivity contribution is -0.127. The SMILES string of the molecule is CC(=O)N1CCC(S(C)(=O)=O)C1. The Morgan fingerprint density at radius 2 is 2.08 bits per heavy atom. The predicted octanol–water partition coefficient (Wildman–Crippen LogP) is -0.348. The van der Waals surface area contributed by atoms with Gasteiger partial charge in [-0.05, 0) is 6.42 Å². The van der Waals surface area contributed by atoms with Crippen molar-refractivity contribution in [3.8, 4) is 0 Å². The molecule has 1 heterocycles. The maximum Gasteiger partial charge on any atom is 0.219 e. The van der Waals surface area contributed by atoms with Crippen LogP contribution in [0.1, 0.15) is 13.3 Å². The number of sulfone groups is 1. The molecule has 1 rings (SSSR count). The van der Waals surface area contributed by atoms with Gasteiger partial charge in [0.1, 0.15) is 0 Å². The predicted molar refractivity (Wildman–Crippen MR) is 45.5 cm³/mol. The van der Waals surface area contributed by atoms with Gasteiger partial charge in [0.2, 0.25) is 5.91 Å². The van der Waals surface area contributed by atoms with E-state index in [9.17, 15) is 13.2 Å². The van der Waals surface area contributed by atoms with Crippen molar-refractivity contribution in [2.75, 3.05) is 19.3 Å². The van der Waals surface area contributed by atoms with Crippen molar-refractivity contribution in [3.05, 3.63) is 0 Å². The molecule has 1 fully saturated rings. The number of likely N-dealkylation sites (tertiary alicyclic amines) is 1. The number of carbonyl (C=O) groups is 1. The summed E-state index contributed by atoms with van der Waals surface area (Å²) in [6, 6.07) is 0. The Bertz CT molecular complexity index is 283. The van der Waals surface area contributed by atoms with Crippen LogP contribution in [-0.2, 0) is 14.6 Å². The van der Waals surface area contributed by atoms with Gasteiger partial charge in [-0.3, -0.25) is 4.79 Å². The fraction of sp³-hybridized carbons (Fsp3) is 0.857. The molecule has 70 valence electrons. The van der Waals surface area contributed by atoms with Gasteiger partial charge in [0.15, 0.2) is 9.84 Å². The van der Waals surface area contributed by atoms with Crippen LogP contribution < -0.4 is 0 Å². The molecule has 1 atom stereocenters. The lowest BCUT2D eigenvalue weighted by Crippen LogP contribution is -2.29. The highest BCUT2D eigenvalue weighted by Crippen LogP contribution is 2.15. The van der Waals surface area contributed by atoms with Gasteiger partial charge in [-0.2, -0.15) is 0 Å². The van der Waals surface area contributed by atoms with E-state index in [1.54, 1.807) is 4.90 Å². The first kappa shape index (κ1) is 9.51. The van der Waals surface area contributed by atoms with Crippen molar-refractivity contribution in [3.63, 3.8) is 0 Å². The van der Waals surface area contributed by atoms with Crippen LogP contribution in [0.4, 0.5) is 0 Å². The third kappa shape index (κ3) is 1.97. The fourth-order valence-electron chi connectivity index (χ4n) is 1.36. The van der Waals surface area contributed by atoms with Crippen LogP contribution in [0.5, 0.6) is 0 Å². The van der Waals surface area contributed by atoms with Gasteiger partial charge in [0.25, 0.3) is 0 Å². The number of rotatable bonds is 1. The molecular formula is C7H13NO3S. The van der Waals surface area contributed by atoms with Crippen LogP contribution in [0.2, 0.25) is 0 Å². The summed E-state index contributed by atoms with van der Waals surface area (Å²) >= 11 is 0. The van der Waals surface area contributed by atoms with Gasteiger partial charge >= 0.3 is 0 Å². The summed E-state index contributed by atoms with van der Waals surface area (Å²) in [6.07, 6.45) is 1.81. The topological polar surface area (TPSA) is 54.5 Å². The van der Waals surface area contributed by atoms with E-state index in [1.165, 1.54) is 13.2 Å². The molecule has 0 aliphatic carbocycles. The molecule has 1 aliphatic rings. The standard InChI is InChI=1S/C7H13NO3S/c1-6(9)8-4-3-7(5-8)12(2,10)11/h7H,3-5H2,1-2H3. The molecule has 0 radical (unpaired) electrons. The second-order valence-corrected chi connectivity index (χ2v) is 5.53. The maximum atomic E-state index is 11.1. The summed E-state index contributed by atoms with van der Waals surface area (Å²) in [5.41, 5.74) is 0. The Morgan fingerprint density at radius 3 is 2.33 bits per heavy atom. The maximum absolute atomic E-state index is 11.1. The minimum Gasteiger partial charge on any atom is -0.342 e. The summed E-state index contributed by atoms with van der Waals surface area (Å²) in [7, 11) is -2.96. The molecule has 0 N–H and O–H groups in total. The zero-order valence-corrected chi connectivity index (χ0v) is 8.10. The number of hydrogen-bond acceptors (Lipinski definition) is 3. The highest BCUT2D eigenvalue weighted by atomic mass is 32.2. The van der Waals surface area contributed by atoms with E-state index >= 15 is 0 Å². The van der Waals surface area contributed by atoms with E-state index in [0.29, 0.717) is 19.5 Å². The van der Waals surface area contributed by atoms with Crippen molar-refractivity contribution < 1.29 is 13.2 Å². The summed E-state index contributed by atoms with van der Waals surface area (Å²) in [4.78, 5) is 12.4. The fourth-order valence-corrected chi connectivity index (χ4v) is 2.35. The highest BCUT2D eigenvalue weighted by molar-refractivity contribution is 7.91. The van der Waals surface area contributed by atoms with E-state index < -0.39 is 9.84 Å². The van der Waals surface area contributed by atoms with E-state index in [2.05, 4.69) is 0 Å². The number of hydrogen-bond donors (Lipinski definition) is 0. The van der Waals surface area contributed by atoms with Crippen molar-refractivity contribution >= 4 is 15.7 Å². The lowest BCUT2D eigenvalue weighted by atomic mass is 10.4. The van der Waals surface area contributed by atoms with Gasteiger partial charge in [-0.1, -0.05) is 0 Å². The normalized spacial score (nSPS) is 24.5. The van der Waals surface area contributed by atoms with Gasteiger partial charge in [0.05, 0.1) is 5.25 Å². The monoisotopic (exact) mass is 191 g/mol. The van der Waals surface area contributed by atoms with E-state index in [0.717, 1.165) is 0 Å². The molecule has 5 heteroatoms. The van der Waals surface area contributed by atoms with Crippen LogP contribution in [0.25, 0.3) is 0 Å². The van der Waals surface area contributed by atoms with Crippen molar-refractivity contribution in [2.24, 2.45) is 0 Å². The molecule has 4 nitrogen and oxygen atoms in total. The molecule has 1 aliphatic heterocycles. The molecule has 12 heavy (non-hydrogen) atoms. The van der Waals surface area contributed by atoms with E-state index in [4.69, 9.17) is 0 Å². The molecule has 0 spiro atoms. The smallest absolute Gasteiger partial charge is 0.219 e. The van der Waals surface area contributed by atoms with Crippen LogP contribution in [-0.4, -0.2) is 43.8 Å². The zero-order chi connectivity index (χ0) is 9.35. The Balaban J connectivity index is 2.64. The first-order valence-electron chi connectivity index (χ1n) is 3.85. The van der Waals surface area contributed by atoms with Gasteiger partial charge in [0, 0.05) is 26.3 Å². The van der Waals surface area contributed by atoms with Crippen molar-refractivity contribution in [1.82, 2.24) is 4.90 Å². The molecule has 0 saturated carbocycles. The van der Waals surface area contributed by atoms with Crippen LogP contribution >= 0.6 is 0 Å². The molecule has 1 unspecified atom stereocenters. The summed E-state index contributed by atoms with van der Waals surface area (Å²) in [5.74, 6) is -0.0406. The largest absolute Gasteiger partial charge is 0.342 e. The minimum absolute atomic E-state index is 0.0406. The van der Waals surface area contributed by atoms with E-state index in [-0.39, 0.29) is 11.2 Å². The highest BCUT2D eigenvalue weighted by Gasteiger charge is 2.30. The molecule has 1 saturated heterocycles. The van der Waals surface area contributed by atoms with Gasteiger partial charge in [-0.15, -0.1) is 0 Å². The third-order valence-electron chi connectivity index (χ3n) is 2.20. The first-order chi connectivity index (χ1) is 5.41. The van der Waals surface area contributed by atoms with Gasteiger partial charge in [-0.25, -0.2) is 8.42 Å². The zero-order valence-electron chi connectivity index (χ0n) is 7.28. The van der Waals surface area contributed by atoms with Crippen molar-refractivity contribution in [2.45, 2.75) is 18.6 Å². The quantitative estimate of drug-likeness (QED) is 0.569. The minimum atomic E-state index is -2.96. The molecule has 0 aromatic rings. The number of amides is 1. The second-order valence-electron chi connectivity index (χ2n) is 3.21. The first-order valence-corrected chi connectivity index (χ1v) is 5.81. The van der Waals surface area contributed by atoms with Crippen LogP contribution in [0, 0.1) is 0 Å². The summed E-state index contributed by atoms with van der Waals surface area (Å²) in [5, 5.41) is -0.346. The Morgan fingerprint density at radius 1 is 1.50 bits per heavy atom. The number of carbonyl (C=O) groups excluding carboxylic acids is 1. The molecule has 0 aromatic heterocycles. The third-order valence-corrected chi connectivity index (χ3v) is 3.79. The van der Waals surface area contributed by atoms with Crippen LogP contribution in [0.15, 0.2) is 0 Å². The molecule has 1 amide bonds. The average Bonchev–Trinajstić information content (AvgIpc) is 2.30. The summed E-state index contributed by atoms with van der Waals surface area (Å²) in [6.45, 7) is 2.41. The second kappa shape index (κ2) is 3.05.